The summed E-state index contributed by atoms with van der Waals surface area (Å²) in [6, 6.07) is 12.8. The molecule has 248 valence electrons. The first-order valence-corrected chi connectivity index (χ1v) is 16.2. The van der Waals surface area contributed by atoms with E-state index in [9.17, 15) is 19.5 Å². The molecule has 1 aliphatic heterocycles. The number of imidazole rings is 1. The van der Waals surface area contributed by atoms with E-state index in [0.717, 1.165) is 49.1 Å². The van der Waals surface area contributed by atoms with E-state index >= 15 is 0 Å². The van der Waals surface area contributed by atoms with Crippen molar-refractivity contribution in [2.24, 2.45) is 7.05 Å². The molecule has 1 aromatic heterocycles. The van der Waals surface area contributed by atoms with Crippen LogP contribution in [0.4, 0.5) is 10.5 Å². The van der Waals surface area contributed by atoms with Gasteiger partial charge < -0.3 is 24.6 Å². The number of amides is 2. The molecule has 1 aliphatic rings. The van der Waals surface area contributed by atoms with E-state index in [1.54, 1.807) is 24.0 Å². The Morgan fingerprint density at radius 1 is 1.02 bits per heavy atom. The molecule has 46 heavy (non-hydrogen) atoms. The van der Waals surface area contributed by atoms with Crippen molar-refractivity contribution in [2.75, 3.05) is 31.6 Å². The second-order valence-corrected chi connectivity index (χ2v) is 12.0. The fourth-order valence-electron chi connectivity index (χ4n) is 5.70. The van der Waals surface area contributed by atoms with E-state index in [-0.39, 0.29) is 18.3 Å². The van der Waals surface area contributed by atoms with Crippen LogP contribution in [0.3, 0.4) is 0 Å². The van der Waals surface area contributed by atoms with Gasteiger partial charge in [0.1, 0.15) is 17.2 Å². The summed E-state index contributed by atoms with van der Waals surface area (Å²) >= 11 is 0. The lowest BCUT2D eigenvalue weighted by atomic mass is 9.89. The molecule has 0 radical (unpaired) electrons. The van der Waals surface area contributed by atoms with Crippen molar-refractivity contribution in [3.05, 3.63) is 59.4 Å². The number of carbonyl (C=O) groups excluding carboxylic acids is 2. The normalized spacial score (nSPS) is 14.2. The lowest BCUT2D eigenvalue weighted by Gasteiger charge is -2.33. The quantitative estimate of drug-likeness (QED) is 0.0826. The Morgan fingerprint density at radius 3 is 2.41 bits per heavy atom. The summed E-state index contributed by atoms with van der Waals surface area (Å²) in [6.07, 6.45) is 7.87. The predicted molar refractivity (Wildman–Crippen MR) is 178 cm³/mol. The van der Waals surface area contributed by atoms with E-state index in [2.05, 4.69) is 22.9 Å². The minimum Gasteiger partial charge on any atom is -0.480 e. The Labute approximate surface area is 270 Å². The van der Waals surface area contributed by atoms with Gasteiger partial charge in [-0.15, -0.1) is 0 Å². The number of unbranched alkanes of at least 4 members (excludes halogenated alkanes) is 5. The average Bonchev–Trinajstić information content (AvgIpc) is 3.70. The third kappa shape index (κ3) is 8.84. The number of carboxylic acid groups (broad SMARTS) is 1. The third-order valence-corrected chi connectivity index (χ3v) is 8.55. The van der Waals surface area contributed by atoms with Crippen LogP contribution < -0.4 is 16.0 Å². The van der Waals surface area contributed by atoms with Gasteiger partial charge in [0, 0.05) is 31.4 Å². The van der Waals surface area contributed by atoms with Gasteiger partial charge in [0.25, 0.3) is 0 Å². The first kappa shape index (κ1) is 34.4. The summed E-state index contributed by atoms with van der Waals surface area (Å²) in [7, 11) is 1.92. The minimum atomic E-state index is -1.21. The topological polar surface area (TPSA) is 162 Å². The summed E-state index contributed by atoms with van der Waals surface area (Å²) in [5.74, 6) is -0.432. The molecular weight excluding hydrogens is 586 g/mol. The van der Waals surface area contributed by atoms with E-state index in [4.69, 9.17) is 15.1 Å². The lowest BCUT2D eigenvalue weighted by molar-refractivity contribution is -0.139. The number of hydrogen-bond acceptors (Lipinski definition) is 8. The van der Waals surface area contributed by atoms with Gasteiger partial charge in [0.15, 0.2) is 0 Å². The lowest BCUT2D eigenvalue weighted by Crippen LogP contribution is -2.54. The smallest absolute Gasteiger partial charge is 0.412 e. The molecule has 0 saturated carbocycles. The van der Waals surface area contributed by atoms with Crippen LogP contribution in [0, 0.1) is 5.41 Å². The Kier molecular flexibility index (Phi) is 12.1. The van der Waals surface area contributed by atoms with Gasteiger partial charge in [-0.1, -0.05) is 45.1 Å². The molecule has 1 fully saturated rings. The fourth-order valence-corrected chi connectivity index (χ4v) is 5.70. The standard InChI is InChI=1S/C34H47N7O5/c1-4-5-6-7-8-11-20-46-33(45)39-31(35)24-12-15-26(16-13-24)36-22-29-38-27-21-25(14-17-28(27)40(29)3)34(2,37-23-30(42)43)32(44)41-18-9-10-19-41/h12-17,21,36-37H,4-11,18-20,22-23H2,1-3H3,(H,42,43)(H2,35,39,45). The molecule has 1 saturated heterocycles. The zero-order valence-corrected chi connectivity index (χ0v) is 27.2. The van der Waals surface area contributed by atoms with Crippen LogP contribution in [-0.2, 0) is 33.5 Å². The molecule has 12 nitrogen and oxygen atoms in total. The fraction of sp³-hybridized carbons (Fsp3) is 0.500. The predicted octanol–water partition coefficient (Wildman–Crippen LogP) is 5.11. The highest BCUT2D eigenvalue weighted by Gasteiger charge is 2.39. The number of hydrogen-bond donors (Lipinski definition) is 5. The number of aromatic nitrogens is 2. The van der Waals surface area contributed by atoms with Gasteiger partial charge in [-0.3, -0.25) is 25.6 Å². The van der Waals surface area contributed by atoms with E-state index in [1.165, 1.54) is 19.3 Å². The van der Waals surface area contributed by atoms with Gasteiger partial charge >= 0.3 is 12.1 Å². The maximum atomic E-state index is 13.6. The van der Waals surface area contributed by atoms with Crippen LogP contribution in [0.2, 0.25) is 0 Å². The van der Waals surface area contributed by atoms with Gasteiger partial charge in [-0.25, -0.2) is 9.78 Å². The second kappa shape index (κ2) is 16.2. The zero-order chi connectivity index (χ0) is 33.1. The Bertz CT molecular complexity index is 1510. The molecule has 0 bridgehead atoms. The van der Waals surface area contributed by atoms with E-state index in [0.29, 0.717) is 42.9 Å². The molecular formula is C34H47N7O5. The first-order chi connectivity index (χ1) is 22.1. The number of amidine groups is 1. The largest absolute Gasteiger partial charge is 0.480 e. The SMILES string of the molecule is CCCCCCCCOC(=O)NC(=N)c1ccc(NCc2nc3cc(C(C)(NCC(=O)O)C(=O)N4CCCC4)ccc3n2C)cc1. The summed E-state index contributed by atoms with van der Waals surface area (Å²) in [5.41, 5.74) is 2.41. The monoisotopic (exact) mass is 633 g/mol. The van der Waals surface area contributed by atoms with Gasteiger partial charge in [0.2, 0.25) is 5.91 Å². The van der Waals surface area contributed by atoms with Crippen molar-refractivity contribution >= 4 is 40.5 Å². The third-order valence-electron chi connectivity index (χ3n) is 8.55. The number of likely N-dealkylation sites (tertiary alicyclic amines) is 1. The number of nitrogens with zero attached hydrogens (tertiary/aromatic N) is 3. The molecule has 1 atom stereocenters. The average molecular weight is 634 g/mol. The second-order valence-electron chi connectivity index (χ2n) is 12.0. The summed E-state index contributed by atoms with van der Waals surface area (Å²) < 4.78 is 7.19. The highest BCUT2D eigenvalue weighted by molar-refractivity contribution is 6.04. The minimum absolute atomic E-state index is 0.0290. The van der Waals surface area contributed by atoms with Crippen LogP contribution in [-0.4, -0.2) is 69.6 Å². The number of nitrogens with one attached hydrogen (secondary N) is 4. The number of aryl methyl sites for hydroxylation is 1. The van der Waals surface area contributed by atoms with Crippen LogP contribution >= 0.6 is 0 Å². The summed E-state index contributed by atoms with van der Waals surface area (Å²) in [4.78, 5) is 43.6. The molecule has 3 aromatic rings. The molecule has 1 unspecified atom stereocenters. The molecule has 12 heteroatoms. The highest BCUT2D eigenvalue weighted by Crippen LogP contribution is 2.29. The Hall–Kier alpha value is -4.45. The number of carbonyl (C=O) groups is 3. The summed E-state index contributed by atoms with van der Waals surface area (Å²) in [6.45, 7) is 5.66. The molecule has 5 N–H and O–H groups in total. The Morgan fingerprint density at radius 2 is 1.72 bits per heavy atom. The highest BCUT2D eigenvalue weighted by atomic mass is 16.5. The zero-order valence-electron chi connectivity index (χ0n) is 27.2. The number of carboxylic acids is 1. The van der Waals surface area contributed by atoms with Crippen molar-refractivity contribution in [3.8, 4) is 0 Å². The molecule has 4 rings (SSSR count). The molecule has 2 amide bonds. The van der Waals surface area contributed by atoms with Crippen molar-refractivity contribution in [3.63, 3.8) is 0 Å². The number of ether oxygens (including phenoxy) is 1. The van der Waals surface area contributed by atoms with Crippen LogP contribution in [0.1, 0.15) is 82.2 Å². The number of aliphatic carboxylic acids is 1. The van der Waals surface area contributed by atoms with Gasteiger partial charge in [-0.2, -0.15) is 0 Å². The van der Waals surface area contributed by atoms with Crippen molar-refractivity contribution < 1.29 is 24.2 Å². The maximum absolute atomic E-state index is 13.6. The van der Waals surface area contributed by atoms with Crippen LogP contribution in [0.25, 0.3) is 11.0 Å². The van der Waals surface area contributed by atoms with Crippen LogP contribution in [0.5, 0.6) is 0 Å². The van der Waals surface area contributed by atoms with Crippen molar-refractivity contribution in [1.82, 2.24) is 25.1 Å². The maximum Gasteiger partial charge on any atom is 0.412 e. The van der Waals surface area contributed by atoms with Gasteiger partial charge in [0.05, 0.1) is 30.7 Å². The molecule has 0 aliphatic carbocycles. The molecule has 0 spiro atoms. The van der Waals surface area contributed by atoms with Crippen LogP contribution in [0.15, 0.2) is 42.5 Å². The number of fused-ring (bicyclic) bond motifs is 1. The number of anilines is 1. The van der Waals surface area contributed by atoms with E-state index in [1.807, 2.05) is 41.9 Å². The van der Waals surface area contributed by atoms with Crippen molar-refractivity contribution in [2.45, 2.75) is 77.3 Å². The number of rotatable bonds is 16. The first-order valence-electron chi connectivity index (χ1n) is 16.2. The molecule has 2 aromatic carbocycles. The number of benzene rings is 2. The summed E-state index contributed by atoms with van der Waals surface area (Å²) in [5, 5.41) is 26.4. The molecule has 2 heterocycles. The number of alkyl carbamates (subject to hydrolysis) is 1. The van der Waals surface area contributed by atoms with Gasteiger partial charge in [-0.05, 0) is 68.1 Å². The Balaban J connectivity index is 1.35. The van der Waals surface area contributed by atoms with E-state index < -0.39 is 17.6 Å². The van der Waals surface area contributed by atoms with Crippen molar-refractivity contribution in [1.29, 1.82) is 5.41 Å².